The molecule has 0 spiro atoms. The number of rotatable bonds is 26. The second-order valence-electron chi connectivity index (χ2n) is 24.1. The van der Waals surface area contributed by atoms with E-state index < -0.39 is 85.1 Å². The highest BCUT2D eigenvalue weighted by Gasteiger charge is 2.61. The molecule has 0 saturated heterocycles. The Balaban J connectivity index is 1.28. The molecule has 0 unspecified atom stereocenters. The molecule has 0 aromatic heterocycles. The van der Waals surface area contributed by atoms with E-state index in [0.717, 1.165) is 41.5 Å². The SMILES string of the molecule is C[Si](C)(C)O[Si](O[Si](C)(C)O[Si](C)(C)O[Si](O[Si](O[Si](C)(C)O[Si](C)(C)O[Si](O[Si](C)(C)C)(c1ccccc1)c1ccccc1)(c1ccccc1)c1ccccc1)(c1ccccc1)c1ccccc1)(c1ccccc1)c1ccccc1. The molecule has 9 nitrogen and oxygen atoms in total. The van der Waals surface area contributed by atoms with E-state index in [1.54, 1.807) is 0 Å². The van der Waals surface area contributed by atoms with Gasteiger partial charge in [-0.2, -0.15) is 0 Å². The Morgan fingerprint density at radius 1 is 0.160 bits per heavy atom. The molecule has 424 valence electrons. The first kappa shape index (κ1) is 62.6. The summed E-state index contributed by atoms with van der Waals surface area (Å²) >= 11 is 0. The van der Waals surface area contributed by atoms with E-state index in [4.69, 9.17) is 37.0 Å². The lowest BCUT2D eigenvalue weighted by atomic mass is 10.4. The fraction of sp³-hybridized carbons (Fsp3) is 0.226. The van der Waals surface area contributed by atoms with E-state index >= 15 is 0 Å². The lowest BCUT2D eigenvalue weighted by Gasteiger charge is -2.49. The van der Waals surface area contributed by atoms with E-state index in [2.05, 4.69) is 286 Å². The molecule has 0 saturated carbocycles. The Morgan fingerprint density at radius 3 is 0.432 bits per heavy atom. The monoisotopic (exact) mass is 1250 g/mol. The predicted molar refractivity (Wildman–Crippen MR) is 358 cm³/mol. The summed E-state index contributed by atoms with van der Waals surface area (Å²) in [5.41, 5.74) is 0. The van der Waals surface area contributed by atoms with Crippen molar-refractivity contribution in [3.63, 3.8) is 0 Å². The van der Waals surface area contributed by atoms with Gasteiger partial charge in [0.15, 0.2) is 16.6 Å². The van der Waals surface area contributed by atoms with Gasteiger partial charge in [-0.1, -0.05) is 243 Å². The van der Waals surface area contributed by atoms with E-state index in [1.165, 1.54) is 0 Å². The third kappa shape index (κ3) is 15.7. The van der Waals surface area contributed by atoms with Crippen molar-refractivity contribution < 1.29 is 37.0 Å². The van der Waals surface area contributed by atoms with Crippen molar-refractivity contribution in [3.05, 3.63) is 243 Å². The van der Waals surface area contributed by atoms with Gasteiger partial charge in [0.25, 0.3) is 0 Å². The van der Waals surface area contributed by atoms with Gasteiger partial charge in [-0.15, -0.1) is 0 Å². The average Bonchev–Trinajstić information content (AvgIpc) is 3.43. The summed E-state index contributed by atoms with van der Waals surface area (Å²) < 4.78 is 70.7. The van der Waals surface area contributed by atoms with E-state index in [9.17, 15) is 0 Å². The first-order chi connectivity index (χ1) is 38.2. The Bertz CT molecular complexity index is 2840. The summed E-state index contributed by atoms with van der Waals surface area (Å²) in [5, 5.41) is 7.78. The molecule has 0 bridgehead atoms. The molecular weight excluding hydrogens is 1170 g/mol. The molecule has 19 heteroatoms. The summed E-state index contributed by atoms with van der Waals surface area (Å²) in [6.07, 6.45) is 0. The lowest BCUT2D eigenvalue weighted by molar-refractivity contribution is 0.270. The molecular formula is C62H82O9Si10. The highest BCUT2D eigenvalue weighted by Crippen LogP contribution is 2.32. The highest BCUT2D eigenvalue weighted by atomic mass is 28.5. The third-order valence-corrected chi connectivity index (χ3v) is 51.5. The van der Waals surface area contributed by atoms with Crippen LogP contribution in [0.1, 0.15) is 0 Å². The Morgan fingerprint density at radius 2 is 0.296 bits per heavy atom. The number of hydrogen-bond acceptors (Lipinski definition) is 9. The van der Waals surface area contributed by atoms with Crippen LogP contribution in [-0.4, -0.2) is 85.1 Å². The van der Waals surface area contributed by atoms with E-state index in [0.29, 0.717) is 0 Å². The van der Waals surface area contributed by atoms with E-state index in [1.807, 2.05) is 48.5 Å². The van der Waals surface area contributed by atoms with Crippen molar-refractivity contribution in [3.8, 4) is 0 Å². The summed E-state index contributed by atoms with van der Waals surface area (Å²) in [6, 6.07) is 83.7. The molecule has 0 N–H and O–H groups in total. The van der Waals surface area contributed by atoms with Gasteiger partial charge in [0.2, 0.25) is 0 Å². The number of hydrogen-bond donors (Lipinski definition) is 0. The van der Waals surface area contributed by atoms with Crippen molar-refractivity contribution in [2.45, 2.75) is 91.7 Å². The second-order valence-corrected chi connectivity index (χ2v) is 60.7. The van der Waals surface area contributed by atoms with Gasteiger partial charge < -0.3 is 37.0 Å². The quantitative estimate of drug-likeness (QED) is 0.0493. The largest absolute Gasteiger partial charge is 0.430 e. The molecule has 0 aliphatic carbocycles. The first-order valence-electron chi connectivity index (χ1n) is 28.0. The fourth-order valence-electron chi connectivity index (χ4n) is 10.7. The predicted octanol–water partition coefficient (Wildman–Crippen LogP) is 10.6. The third-order valence-electron chi connectivity index (χ3n) is 13.0. The zero-order chi connectivity index (χ0) is 58.3. The molecule has 0 aliphatic heterocycles. The van der Waals surface area contributed by atoms with Crippen LogP contribution in [0, 0.1) is 0 Å². The molecule has 8 aromatic rings. The maximum absolute atomic E-state index is 8.55. The Hall–Kier alpha value is -4.43. The maximum atomic E-state index is 8.55. The molecule has 8 aromatic carbocycles. The normalized spacial score (nSPS) is 13.5. The average molecular weight is 1250 g/mol. The van der Waals surface area contributed by atoms with Gasteiger partial charge in [-0.05, 0) is 133 Å². The number of benzene rings is 8. The van der Waals surface area contributed by atoms with Crippen LogP contribution in [0.15, 0.2) is 243 Å². The standard InChI is InChI=1S/C62H82O9Si10/c1-72(2,3)63-78(55-39-23-15-24-40-55,56-41-25-16-26-42-56)67-74(7,8)65-76(11,12)69-80(59-47-31-19-32-48-59,60-49-33-20-34-50-60)71-81(61-51-35-21-36-52-61,62-53-37-22-38-54-62)70-77(13,14)66-75(9,10)68-79(64-73(4,5)6,57-43-27-17-28-44-57)58-45-29-18-30-46-58/h15-54H,1-14H3. The van der Waals surface area contributed by atoms with Crippen LogP contribution in [0.25, 0.3) is 0 Å². The molecule has 0 atom stereocenters. The topological polar surface area (TPSA) is 83.1 Å². The molecule has 0 fully saturated rings. The van der Waals surface area contributed by atoms with Crippen molar-refractivity contribution in [2.75, 3.05) is 0 Å². The van der Waals surface area contributed by atoms with Crippen LogP contribution in [0.3, 0.4) is 0 Å². The summed E-state index contributed by atoms with van der Waals surface area (Å²) in [6.45, 7) is 30.5. The molecule has 0 heterocycles. The maximum Gasteiger partial charge on any atom is 0.389 e. The van der Waals surface area contributed by atoms with Gasteiger partial charge in [0.05, 0.1) is 0 Å². The second kappa shape index (κ2) is 25.4. The van der Waals surface area contributed by atoms with E-state index in [-0.39, 0.29) is 0 Å². The molecule has 0 aliphatic rings. The van der Waals surface area contributed by atoms with Crippen LogP contribution >= 0.6 is 0 Å². The summed E-state index contributed by atoms with van der Waals surface area (Å²) in [4.78, 5) is 0. The fourth-order valence-corrected chi connectivity index (χ4v) is 58.0. The van der Waals surface area contributed by atoms with Crippen LogP contribution in [-0.2, 0) is 37.0 Å². The van der Waals surface area contributed by atoms with Gasteiger partial charge in [-0.3, -0.25) is 0 Å². The van der Waals surface area contributed by atoms with Crippen LogP contribution in [0.2, 0.25) is 91.7 Å². The van der Waals surface area contributed by atoms with Gasteiger partial charge >= 0.3 is 68.5 Å². The molecule has 0 radical (unpaired) electrons. The summed E-state index contributed by atoms with van der Waals surface area (Å²) in [5.74, 6) is 0. The van der Waals surface area contributed by atoms with Crippen molar-refractivity contribution in [1.82, 2.24) is 0 Å². The summed E-state index contributed by atoms with van der Waals surface area (Å²) in [7, 11) is -32.9. The highest BCUT2D eigenvalue weighted by molar-refractivity contribution is 7.09. The zero-order valence-electron chi connectivity index (χ0n) is 49.8. The minimum atomic E-state index is -4.05. The van der Waals surface area contributed by atoms with Gasteiger partial charge in [-0.25, -0.2) is 0 Å². The molecule has 81 heavy (non-hydrogen) atoms. The van der Waals surface area contributed by atoms with Gasteiger partial charge in [0.1, 0.15) is 0 Å². The van der Waals surface area contributed by atoms with Crippen LogP contribution < -0.4 is 41.5 Å². The lowest BCUT2D eigenvalue weighted by Crippen LogP contribution is -2.79. The van der Waals surface area contributed by atoms with Crippen molar-refractivity contribution in [1.29, 1.82) is 0 Å². The zero-order valence-corrected chi connectivity index (χ0v) is 59.8. The Labute approximate surface area is 494 Å². The Kier molecular flexibility index (Phi) is 19.6. The molecule has 8 rings (SSSR count). The van der Waals surface area contributed by atoms with Crippen molar-refractivity contribution >= 4 is 127 Å². The molecule has 0 amide bonds. The van der Waals surface area contributed by atoms with Crippen molar-refractivity contribution in [2.24, 2.45) is 0 Å². The van der Waals surface area contributed by atoms with Crippen LogP contribution in [0.4, 0.5) is 0 Å². The van der Waals surface area contributed by atoms with Gasteiger partial charge in [0, 0.05) is 0 Å². The minimum absolute atomic E-state index is 0.913. The van der Waals surface area contributed by atoms with Crippen LogP contribution in [0.5, 0.6) is 0 Å². The minimum Gasteiger partial charge on any atom is -0.430 e. The first-order valence-corrected chi connectivity index (χ1v) is 53.3. The smallest absolute Gasteiger partial charge is 0.389 e.